The number of likely N-dealkylation sites (N-methyl/N-ethyl adjacent to an activating group) is 1. The molecular weight excluding hydrogens is 316 g/mol. The maximum absolute atomic E-state index is 5.44. The Labute approximate surface area is 131 Å². The molecule has 0 spiro atoms. The van der Waals surface area contributed by atoms with Gasteiger partial charge < -0.3 is 15.0 Å². The second-order valence-corrected chi connectivity index (χ2v) is 5.73. The molecule has 0 aromatic heterocycles. The Balaban J connectivity index is 2.47. The predicted octanol–water partition coefficient (Wildman–Crippen LogP) is 3.46. The summed E-state index contributed by atoms with van der Waals surface area (Å²) in [5.74, 6) is 0. The highest BCUT2D eigenvalue weighted by Gasteiger charge is 2.11. The first-order chi connectivity index (χ1) is 9.71. The fourth-order valence-electron chi connectivity index (χ4n) is 2.28. The smallest absolute Gasteiger partial charge is 0.0593 e. The van der Waals surface area contributed by atoms with Crippen LogP contribution in [0, 0.1) is 0 Å². The van der Waals surface area contributed by atoms with E-state index in [-0.39, 0.29) is 0 Å². The number of rotatable bonds is 10. The molecule has 1 aromatic rings. The van der Waals surface area contributed by atoms with Gasteiger partial charge in [-0.05, 0) is 44.6 Å². The fraction of sp³-hybridized carbons (Fsp3) is 0.625. The van der Waals surface area contributed by atoms with Crippen LogP contribution in [0.2, 0.25) is 0 Å². The SMILES string of the molecule is CCOCCN(CC)CCC(NC)c1cccc(Br)c1. The van der Waals surface area contributed by atoms with Gasteiger partial charge in [-0.3, -0.25) is 0 Å². The molecule has 1 N–H and O–H groups in total. The molecule has 0 saturated carbocycles. The van der Waals surface area contributed by atoms with Gasteiger partial charge >= 0.3 is 0 Å². The predicted molar refractivity (Wildman–Crippen MR) is 89.2 cm³/mol. The summed E-state index contributed by atoms with van der Waals surface area (Å²) >= 11 is 3.54. The van der Waals surface area contributed by atoms with Crippen LogP contribution in [0.4, 0.5) is 0 Å². The average molecular weight is 343 g/mol. The molecule has 1 aromatic carbocycles. The van der Waals surface area contributed by atoms with E-state index in [1.807, 2.05) is 14.0 Å². The summed E-state index contributed by atoms with van der Waals surface area (Å²) in [7, 11) is 2.03. The molecule has 0 bridgehead atoms. The number of nitrogens with one attached hydrogen (secondary N) is 1. The van der Waals surface area contributed by atoms with Crippen LogP contribution >= 0.6 is 15.9 Å². The van der Waals surface area contributed by atoms with Crippen molar-refractivity contribution >= 4 is 15.9 Å². The van der Waals surface area contributed by atoms with E-state index < -0.39 is 0 Å². The van der Waals surface area contributed by atoms with Gasteiger partial charge in [-0.15, -0.1) is 0 Å². The van der Waals surface area contributed by atoms with Crippen molar-refractivity contribution in [1.82, 2.24) is 10.2 Å². The minimum Gasteiger partial charge on any atom is -0.380 e. The molecule has 4 heteroatoms. The number of hydrogen-bond donors (Lipinski definition) is 1. The first-order valence-corrected chi connectivity index (χ1v) is 8.23. The highest BCUT2D eigenvalue weighted by atomic mass is 79.9. The highest BCUT2D eigenvalue weighted by molar-refractivity contribution is 9.10. The molecule has 1 rings (SSSR count). The Morgan fingerprint density at radius 1 is 1.30 bits per heavy atom. The molecular formula is C16H27BrN2O. The number of benzene rings is 1. The Morgan fingerprint density at radius 3 is 2.70 bits per heavy atom. The summed E-state index contributed by atoms with van der Waals surface area (Å²) in [4.78, 5) is 2.44. The summed E-state index contributed by atoms with van der Waals surface area (Å²) in [5.41, 5.74) is 1.34. The minimum atomic E-state index is 0.397. The van der Waals surface area contributed by atoms with Gasteiger partial charge in [0.05, 0.1) is 6.61 Å². The van der Waals surface area contributed by atoms with Gasteiger partial charge in [-0.25, -0.2) is 0 Å². The molecule has 114 valence electrons. The van der Waals surface area contributed by atoms with Gasteiger partial charge in [-0.1, -0.05) is 35.0 Å². The Morgan fingerprint density at radius 2 is 2.10 bits per heavy atom. The van der Waals surface area contributed by atoms with E-state index in [0.29, 0.717) is 6.04 Å². The Hall–Kier alpha value is -0.420. The lowest BCUT2D eigenvalue weighted by molar-refractivity contribution is 0.113. The minimum absolute atomic E-state index is 0.397. The maximum Gasteiger partial charge on any atom is 0.0593 e. The van der Waals surface area contributed by atoms with Gasteiger partial charge in [-0.2, -0.15) is 0 Å². The van der Waals surface area contributed by atoms with E-state index in [0.717, 1.165) is 43.7 Å². The summed E-state index contributed by atoms with van der Waals surface area (Å²) in [6, 6.07) is 8.93. The quantitative estimate of drug-likeness (QED) is 0.659. The monoisotopic (exact) mass is 342 g/mol. The lowest BCUT2D eigenvalue weighted by atomic mass is 10.0. The third kappa shape index (κ3) is 6.35. The van der Waals surface area contributed by atoms with Crippen LogP contribution in [-0.2, 0) is 4.74 Å². The standard InChI is InChI=1S/C16H27BrN2O/c1-4-19(11-12-20-5-2)10-9-16(18-3)14-7-6-8-15(17)13-14/h6-8,13,16,18H,4-5,9-12H2,1-3H3. The molecule has 0 fully saturated rings. The topological polar surface area (TPSA) is 24.5 Å². The Kier molecular flexibility index (Phi) is 9.10. The summed E-state index contributed by atoms with van der Waals surface area (Å²) in [5, 5.41) is 3.41. The first-order valence-electron chi connectivity index (χ1n) is 7.44. The molecule has 0 saturated heterocycles. The zero-order chi connectivity index (χ0) is 14.8. The van der Waals surface area contributed by atoms with Crippen LogP contribution in [0.3, 0.4) is 0 Å². The first kappa shape index (κ1) is 17.6. The van der Waals surface area contributed by atoms with Crippen LogP contribution in [0.15, 0.2) is 28.7 Å². The van der Waals surface area contributed by atoms with Crippen molar-refractivity contribution < 1.29 is 4.74 Å². The van der Waals surface area contributed by atoms with Crippen molar-refractivity contribution in [2.45, 2.75) is 26.3 Å². The van der Waals surface area contributed by atoms with Crippen molar-refractivity contribution in [3.63, 3.8) is 0 Å². The second-order valence-electron chi connectivity index (χ2n) is 4.82. The zero-order valence-corrected chi connectivity index (χ0v) is 14.4. The van der Waals surface area contributed by atoms with Crippen molar-refractivity contribution in [1.29, 1.82) is 0 Å². The normalized spacial score (nSPS) is 12.8. The maximum atomic E-state index is 5.44. The van der Waals surface area contributed by atoms with Crippen molar-refractivity contribution in [3.8, 4) is 0 Å². The fourth-order valence-corrected chi connectivity index (χ4v) is 2.70. The van der Waals surface area contributed by atoms with Crippen LogP contribution < -0.4 is 5.32 Å². The molecule has 0 aliphatic heterocycles. The van der Waals surface area contributed by atoms with Crippen molar-refractivity contribution in [2.75, 3.05) is 39.9 Å². The van der Waals surface area contributed by atoms with Crippen molar-refractivity contribution in [2.24, 2.45) is 0 Å². The van der Waals surface area contributed by atoms with Gasteiger partial charge in [0.2, 0.25) is 0 Å². The van der Waals surface area contributed by atoms with Gasteiger partial charge in [0.15, 0.2) is 0 Å². The van der Waals surface area contributed by atoms with Crippen LogP contribution in [0.1, 0.15) is 31.9 Å². The molecule has 0 aliphatic carbocycles. The molecule has 0 radical (unpaired) electrons. The molecule has 20 heavy (non-hydrogen) atoms. The number of halogens is 1. The molecule has 1 unspecified atom stereocenters. The third-order valence-corrected chi connectivity index (χ3v) is 4.03. The summed E-state index contributed by atoms with van der Waals surface area (Å²) in [6.07, 6.45) is 1.10. The molecule has 1 atom stereocenters. The Bertz CT molecular complexity index is 373. The summed E-state index contributed by atoms with van der Waals surface area (Å²) < 4.78 is 6.57. The van der Waals surface area contributed by atoms with Crippen LogP contribution in [0.25, 0.3) is 0 Å². The van der Waals surface area contributed by atoms with Gasteiger partial charge in [0.25, 0.3) is 0 Å². The third-order valence-electron chi connectivity index (χ3n) is 3.54. The molecule has 0 aliphatic rings. The van der Waals surface area contributed by atoms with Crippen molar-refractivity contribution in [3.05, 3.63) is 34.3 Å². The number of ether oxygens (including phenoxy) is 1. The van der Waals surface area contributed by atoms with Crippen LogP contribution in [-0.4, -0.2) is 44.8 Å². The average Bonchev–Trinajstić information content (AvgIpc) is 2.46. The molecule has 0 heterocycles. The van der Waals surface area contributed by atoms with E-state index in [1.165, 1.54) is 5.56 Å². The van der Waals surface area contributed by atoms with Gasteiger partial charge in [0, 0.05) is 30.2 Å². The van der Waals surface area contributed by atoms with Gasteiger partial charge in [0.1, 0.15) is 0 Å². The van der Waals surface area contributed by atoms with E-state index in [9.17, 15) is 0 Å². The summed E-state index contributed by atoms with van der Waals surface area (Å²) in [6.45, 7) is 9.04. The van der Waals surface area contributed by atoms with E-state index in [1.54, 1.807) is 0 Å². The number of hydrogen-bond acceptors (Lipinski definition) is 3. The highest BCUT2D eigenvalue weighted by Crippen LogP contribution is 2.20. The molecule has 0 amide bonds. The second kappa shape index (κ2) is 10.3. The lowest BCUT2D eigenvalue weighted by Crippen LogP contribution is -2.31. The van der Waals surface area contributed by atoms with Crippen LogP contribution in [0.5, 0.6) is 0 Å². The van der Waals surface area contributed by atoms with E-state index in [2.05, 4.69) is 57.3 Å². The van der Waals surface area contributed by atoms with E-state index in [4.69, 9.17) is 4.74 Å². The largest absolute Gasteiger partial charge is 0.380 e. The molecule has 3 nitrogen and oxygen atoms in total. The van der Waals surface area contributed by atoms with E-state index >= 15 is 0 Å². The zero-order valence-electron chi connectivity index (χ0n) is 12.9. The lowest BCUT2D eigenvalue weighted by Gasteiger charge is -2.24. The number of nitrogens with zero attached hydrogens (tertiary/aromatic N) is 1.